The van der Waals surface area contributed by atoms with E-state index in [9.17, 15) is 4.79 Å². The first kappa shape index (κ1) is 19.9. The largest absolute Gasteiger partial charge is 0.321 e. The lowest BCUT2D eigenvalue weighted by molar-refractivity contribution is 0.102. The fourth-order valence-electron chi connectivity index (χ4n) is 3.11. The van der Waals surface area contributed by atoms with Crippen LogP contribution in [0.5, 0.6) is 0 Å². The molecule has 144 valence electrons. The number of amides is 1. The average Bonchev–Trinajstić information content (AvgIpc) is 2.69. The van der Waals surface area contributed by atoms with Gasteiger partial charge in [-0.15, -0.1) is 0 Å². The molecule has 1 amide bonds. The van der Waals surface area contributed by atoms with Gasteiger partial charge in [0.1, 0.15) is 0 Å². The van der Waals surface area contributed by atoms with E-state index in [1.165, 1.54) is 0 Å². The van der Waals surface area contributed by atoms with E-state index in [-0.39, 0.29) is 5.91 Å². The monoisotopic (exact) mass is 484 g/mol. The number of carbonyl (C=O) groups excluding carboxylic acids is 1. The number of hydrogen-bond acceptors (Lipinski definition) is 2. The van der Waals surface area contributed by atoms with E-state index in [2.05, 4.69) is 21.2 Å². The highest BCUT2D eigenvalue weighted by atomic mass is 79.9. The Hall–Kier alpha value is -2.40. The van der Waals surface area contributed by atoms with Gasteiger partial charge >= 0.3 is 0 Å². The SMILES string of the molecule is Cc1ccc(NC(=O)c2cc(-c3ccc(Cl)cc3Cl)nc3ccccc23)c(Br)c1. The minimum atomic E-state index is -0.223. The van der Waals surface area contributed by atoms with Gasteiger partial charge in [0.2, 0.25) is 0 Å². The molecule has 0 aliphatic rings. The molecule has 0 aliphatic heterocycles. The maximum atomic E-state index is 13.2. The number of anilines is 1. The molecule has 4 rings (SSSR count). The molecule has 0 atom stereocenters. The maximum absolute atomic E-state index is 13.2. The number of rotatable bonds is 3. The number of halogens is 3. The molecule has 0 saturated heterocycles. The zero-order chi connectivity index (χ0) is 20.5. The molecule has 29 heavy (non-hydrogen) atoms. The summed E-state index contributed by atoms with van der Waals surface area (Å²) in [6, 6.07) is 20.3. The third-order valence-corrected chi connectivity index (χ3v) is 5.74. The van der Waals surface area contributed by atoms with Crippen LogP contribution in [0.2, 0.25) is 10.0 Å². The molecule has 0 fully saturated rings. The molecular formula is C23H15BrCl2N2O. The van der Waals surface area contributed by atoms with E-state index in [1.807, 2.05) is 49.4 Å². The van der Waals surface area contributed by atoms with Crippen LogP contribution in [0.3, 0.4) is 0 Å². The highest BCUT2D eigenvalue weighted by Crippen LogP contribution is 2.32. The topological polar surface area (TPSA) is 42.0 Å². The van der Waals surface area contributed by atoms with Crippen molar-refractivity contribution in [2.45, 2.75) is 6.92 Å². The third kappa shape index (κ3) is 4.15. The summed E-state index contributed by atoms with van der Waals surface area (Å²) < 4.78 is 0.824. The van der Waals surface area contributed by atoms with Gasteiger partial charge in [-0.05, 0) is 70.9 Å². The summed E-state index contributed by atoms with van der Waals surface area (Å²) in [6.45, 7) is 1.99. The molecule has 0 radical (unpaired) electrons. The van der Waals surface area contributed by atoms with Crippen LogP contribution < -0.4 is 5.32 Å². The van der Waals surface area contributed by atoms with Crippen LogP contribution in [-0.4, -0.2) is 10.9 Å². The second-order valence-corrected chi connectivity index (χ2v) is 8.33. The van der Waals surface area contributed by atoms with Crippen molar-refractivity contribution in [3.63, 3.8) is 0 Å². The first-order chi connectivity index (χ1) is 13.9. The number of aryl methyl sites for hydroxylation is 1. The van der Waals surface area contributed by atoms with Gasteiger partial charge in [-0.25, -0.2) is 4.98 Å². The lowest BCUT2D eigenvalue weighted by Crippen LogP contribution is -2.13. The molecule has 0 aliphatic carbocycles. The predicted molar refractivity (Wildman–Crippen MR) is 124 cm³/mol. The number of aromatic nitrogens is 1. The average molecular weight is 486 g/mol. The van der Waals surface area contributed by atoms with Crippen molar-refractivity contribution >= 4 is 61.6 Å². The van der Waals surface area contributed by atoms with Crippen molar-refractivity contribution < 1.29 is 4.79 Å². The van der Waals surface area contributed by atoms with Gasteiger partial charge in [-0.1, -0.05) is 47.5 Å². The van der Waals surface area contributed by atoms with Crippen molar-refractivity contribution in [1.82, 2.24) is 4.98 Å². The summed E-state index contributed by atoms with van der Waals surface area (Å²) >= 11 is 15.9. The summed E-state index contributed by atoms with van der Waals surface area (Å²) in [5.41, 5.74) is 4.36. The van der Waals surface area contributed by atoms with E-state index in [0.29, 0.717) is 38.1 Å². The van der Waals surface area contributed by atoms with E-state index in [0.717, 1.165) is 15.4 Å². The van der Waals surface area contributed by atoms with E-state index in [1.54, 1.807) is 24.3 Å². The fraction of sp³-hybridized carbons (Fsp3) is 0.0435. The second-order valence-electron chi connectivity index (χ2n) is 6.63. The Balaban J connectivity index is 1.83. The van der Waals surface area contributed by atoms with E-state index >= 15 is 0 Å². The van der Waals surface area contributed by atoms with Crippen LogP contribution in [0.15, 0.2) is 71.2 Å². The number of nitrogens with zero attached hydrogens (tertiary/aromatic N) is 1. The molecule has 0 saturated carbocycles. The lowest BCUT2D eigenvalue weighted by atomic mass is 10.0. The van der Waals surface area contributed by atoms with Crippen LogP contribution in [0.1, 0.15) is 15.9 Å². The number of para-hydroxylation sites is 1. The summed E-state index contributed by atoms with van der Waals surface area (Å²) in [4.78, 5) is 17.9. The number of pyridine rings is 1. The van der Waals surface area contributed by atoms with Crippen LogP contribution in [0.4, 0.5) is 5.69 Å². The van der Waals surface area contributed by atoms with Crippen molar-refractivity contribution in [2.24, 2.45) is 0 Å². The Labute approximate surface area is 186 Å². The zero-order valence-corrected chi connectivity index (χ0v) is 18.4. The van der Waals surface area contributed by atoms with E-state index < -0.39 is 0 Å². The van der Waals surface area contributed by atoms with Crippen LogP contribution in [0.25, 0.3) is 22.2 Å². The molecule has 6 heteroatoms. The third-order valence-electron chi connectivity index (χ3n) is 4.54. The molecule has 0 spiro atoms. The number of hydrogen-bond donors (Lipinski definition) is 1. The Morgan fingerprint density at radius 2 is 1.79 bits per heavy atom. The highest BCUT2D eigenvalue weighted by Gasteiger charge is 2.16. The smallest absolute Gasteiger partial charge is 0.256 e. The van der Waals surface area contributed by atoms with Gasteiger partial charge in [-0.3, -0.25) is 4.79 Å². The zero-order valence-electron chi connectivity index (χ0n) is 15.3. The summed E-state index contributed by atoms with van der Waals surface area (Å²) in [6.07, 6.45) is 0. The number of benzene rings is 3. The second kappa shape index (κ2) is 8.15. The molecule has 0 bridgehead atoms. The number of fused-ring (bicyclic) bond motifs is 1. The van der Waals surface area contributed by atoms with Gasteiger partial charge in [0.05, 0.1) is 27.5 Å². The predicted octanol–water partition coefficient (Wildman–Crippen LogP) is 7.53. The van der Waals surface area contributed by atoms with Gasteiger partial charge in [0.25, 0.3) is 5.91 Å². The Kier molecular flexibility index (Phi) is 5.59. The van der Waals surface area contributed by atoms with Gasteiger partial charge in [0, 0.05) is 20.4 Å². The molecule has 1 N–H and O–H groups in total. The number of carbonyl (C=O) groups is 1. The molecule has 4 aromatic rings. The molecular weight excluding hydrogens is 471 g/mol. The van der Waals surface area contributed by atoms with Crippen LogP contribution in [0, 0.1) is 6.92 Å². The lowest BCUT2D eigenvalue weighted by Gasteiger charge is -2.12. The van der Waals surface area contributed by atoms with Gasteiger partial charge < -0.3 is 5.32 Å². The summed E-state index contributed by atoms with van der Waals surface area (Å²) in [7, 11) is 0. The first-order valence-corrected chi connectivity index (χ1v) is 10.4. The molecule has 3 nitrogen and oxygen atoms in total. The van der Waals surface area contributed by atoms with Gasteiger partial charge in [-0.2, -0.15) is 0 Å². The molecule has 0 unspecified atom stereocenters. The van der Waals surface area contributed by atoms with Gasteiger partial charge in [0.15, 0.2) is 0 Å². The quantitative estimate of drug-likeness (QED) is 0.325. The Morgan fingerprint density at radius 3 is 2.55 bits per heavy atom. The normalized spacial score (nSPS) is 10.9. The molecule has 1 heterocycles. The van der Waals surface area contributed by atoms with Crippen molar-refractivity contribution in [2.75, 3.05) is 5.32 Å². The van der Waals surface area contributed by atoms with E-state index in [4.69, 9.17) is 28.2 Å². The van der Waals surface area contributed by atoms with Crippen LogP contribution in [-0.2, 0) is 0 Å². The first-order valence-electron chi connectivity index (χ1n) is 8.85. The highest BCUT2D eigenvalue weighted by molar-refractivity contribution is 9.10. The van der Waals surface area contributed by atoms with Crippen LogP contribution >= 0.6 is 39.1 Å². The fourth-order valence-corrected chi connectivity index (χ4v) is 4.21. The number of nitrogens with one attached hydrogen (secondary N) is 1. The van der Waals surface area contributed by atoms with Crippen molar-refractivity contribution in [3.05, 3.63) is 92.4 Å². The maximum Gasteiger partial charge on any atom is 0.256 e. The molecule has 3 aromatic carbocycles. The Morgan fingerprint density at radius 1 is 1.00 bits per heavy atom. The standard InChI is InChI=1S/C23H15BrCl2N2O/c1-13-6-9-21(18(24)10-13)28-23(29)17-12-22(16-8-7-14(25)11-19(16)26)27-20-5-3-2-4-15(17)20/h2-12H,1H3,(H,28,29). The summed E-state index contributed by atoms with van der Waals surface area (Å²) in [5, 5.41) is 4.77. The minimum Gasteiger partial charge on any atom is -0.321 e. The Bertz CT molecular complexity index is 1260. The summed E-state index contributed by atoms with van der Waals surface area (Å²) in [5.74, 6) is -0.223. The minimum absolute atomic E-state index is 0.223. The molecule has 1 aromatic heterocycles. The van der Waals surface area contributed by atoms with Crippen molar-refractivity contribution in [3.8, 4) is 11.3 Å². The van der Waals surface area contributed by atoms with Crippen molar-refractivity contribution in [1.29, 1.82) is 0 Å².